The summed E-state index contributed by atoms with van der Waals surface area (Å²) in [7, 11) is 1.99. The molecule has 1 N–H and O–H groups in total. The SMILES string of the molecule is CNC(c1nc(C(C)C)cs1)C1CCC(C)O1. The maximum absolute atomic E-state index is 5.94. The fourth-order valence-electron chi connectivity index (χ4n) is 2.26. The summed E-state index contributed by atoms with van der Waals surface area (Å²) in [5, 5.41) is 6.69. The monoisotopic (exact) mass is 254 g/mol. The van der Waals surface area contributed by atoms with E-state index in [1.54, 1.807) is 11.3 Å². The molecule has 3 nitrogen and oxygen atoms in total. The van der Waals surface area contributed by atoms with E-state index >= 15 is 0 Å². The third-order valence-corrected chi connectivity index (χ3v) is 4.29. The van der Waals surface area contributed by atoms with Crippen LogP contribution in [0.15, 0.2) is 5.38 Å². The predicted octanol–water partition coefficient (Wildman–Crippen LogP) is 3.09. The van der Waals surface area contributed by atoms with Crippen LogP contribution in [0.25, 0.3) is 0 Å². The zero-order chi connectivity index (χ0) is 12.4. The molecule has 0 aromatic carbocycles. The number of aromatic nitrogens is 1. The van der Waals surface area contributed by atoms with Gasteiger partial charge in [-0.25, -0.2) is 4.98 Å². The van der Waals surface area contributed by atoms with Crippen molar-refractivity contribution in [2.75, 3.05) is 7.05 Å². The number of thiazole rings is 1. The summed E-state index contributed by atoms with van der Waals surface area (Å²) in [6, 6.07) is 0.248. The smallest absolute Gasteiger partial charge is 0.112 e. The highest BCUT2D eigenvalue weighted by Gasteiger charge is 2.31. The Morgan fingerprint density at radius 2 is 2.24 bits per heavy atom. The topological polar surface area (TPSA) is 34.2 Å². The molecule has 2 heterocycles. The van der Waals surface area contributed by atoms with E-state index in [2.05, 4.69) is 31.5 Å². The third-order valence-electron chi connectivity index (χ3n) is 3.34. The van der Waals surface area contributed by atoms with Crippen molar-refractivity contribution in [1.82, 2.24) is 10.3 Å². The average molecular weight is 254 g/mol. The van der Waals surface area contributed by atoms with Crippen LogP contribution < -0.4 is 5.32 Å². The molecule has 1 saturated heterocycles. The van der Waals surface area contributed by atoms with Crippen molar-refractivity contribution in [3.63, 3.8) is 0 Å². The second-order valence-corrected chi connectivity index (χ2v) is 5.98. The highest BCUT2D eigenvalue weighted by Crippen LogP contribution is 2.32. The highest BCUT2D eigenvalue weighted by atomic mass is 32.1. The largest absolute Gasteiger partial charge is 0.373 e. The molecule has 1 aliphatic heterocycles. The summed E-state index contributed by atoms with van der Waals surface area (Å²) in [6.07, 6.45) is 2.95. The molecule has 0 radical (unpaired) electrons. The zero-order valence-electron chi connectivity index (χ0n) is 11.1. The maximum Gasteiger partial charge on any atom is 0.112 e. The Bertz CT molecular complexity index is 364. The number of hydrogen-bond donors (Lipinski definition) is 1. The van der Waals surface area contributed by atoms with Crippen molar-refractivity contribution < 1.29 is 4.74 Å². The average Bonchev–Trinajstić information content (AvgIpc) is 2.89. The molecule has 3 atom stereocenters. The first kappa shape index (κ1) is 13.0. The minimum atomic E-state index is 0.248. The van der Waals surface area contributed by atoms with Gasteiger partial charge >= 0.3 is 0 Å². The fourth-order valence-corrected chi connectivity index (χ4v) is 3.40. The highest BCUT2D eigenvalue weighted by molar-refractivity contribution is 7.09. The Kier molecular flexibility index (Phi) is 4.17. The van der Waals surface area contributed by atoms with E-state index in [1.807, 2.05) is 7.05 Å². The van der Waals surface area contributed by atoms with Gasteiger partial charge in [0.1, 0.15) is 5.01 Å². The van der Waals surface area contributed by atoms with E-state index < -0.39 is 0 Å². The van der Waals surface area contributed by atoms with Gasteiger partial charge in [-0.15, -0.1) is 11.3 Å². The number of ether oxygens (including phenoxy) is 1. The van der Waals surface area contributed by atoms with Gasteiger partial charge in [0.15, 0.2) is 0 Å². The summed E-state index contributed by atoms with van der Waals surface area (Å²) in [6.45, 7) is 6.51. The number of nitrogens with zero attached hydrogens (tertiary/aromatic N) is 1. The summed E-state index contributed by atoms with van der Waals surface area (Å²) in [5.74, 6) is 0.501. The lowest BCUT2D eigenvalue weighted by molar-refractivity contribution is 0.0332. The molecule has 17 heavy (non-hydrogen) atoms. The van der Waals surface area contributed by atoms with Crippen LogP contribution in [0.4, 0.5) is 0 Å². The molecule has 0 amide bonds. The summed E-state index contributed by atoms with van der Waals surface area (Å²) >= 11 is 1.75. The molecule has 3 unspecified atom stereocenters. The van der Waals surface area contributed by atoms with Gasteiger partial charge in [0.05, 0.1) is 23.9 Å². The predicted molar refractivity (Wildman–Crippen MR) is 71.6 cm³/mol. The van der Waals surface area contributed by atoms with Gasteiger partial charge in [0, 0.05) is 5.38 Å². The molecular formula is C13H22N2OS. The molecule has 0 bridgehead atoms. The first-order chi connectivity index (χ1) is 8.11. The van der Waals surface area contributed by atoms with Gasteiger partial charge in [-0.2, -0.15) is 0 Å². The normalized spacial score (nSPS) is 26.6. The van der Waals surface area contributed by atoms with Crippen LogP contribution >= 0.6 is 11.3 Å². The van der Waals surface area contributed by atoms with Gasteiger partial charge in [-0.05, 0) is 32.7 Å². The van der Waals surface area contributed by atoms with Crippen LogP contribution in [0.3, 0.4) is 0 Å². The maximum atomic E-state index is 5.94. The van der Waals surface area contributed by atoms with Crippen LogP contribution in [0.5, 0.6) is 0 Å². The van der Waals surface area contributed by atoms with Crippen LogP contribution in [0.2, 0.25) is 0 Å². The van der Waals surface area contributed by atoms with Crippen molar-refractivity contribution in [2.45, 2.75) is 57.8 Å². The molecule has 1 aromatic rings. The molecule has 96 valence electrons. The van der Waals surface area contributed by atoms with Crippen molar-refractivity contribution in [3.05, 3.63) is 16.1 Å². The second kappa shape index (κ2) is 5.46. The Morgan fingerprint density at radius 3 is 2.71 bits per heavy atom. The van der Waals surface area contributed by atoms with Gasteiger partial charge < -0.3 is 10.1 Å². The number of likely N-dealkylation sites (N-methyl/N-ethyl adjacent to an activating group) is 1. The number of hydrogen-bond acceptors (Lipinski definition) is 4. The van der Waals surface area contributed by atoms with E-state index in [1.165, 1.54) is 5.69 Å². The fraction of sp³-hybridized carbons (Fsp3) is 0.769. The lowest BCUT2D eigenvalue weighted by Crippen LogP contribution is -2.29. The molecule has 0 saturated carbocycles. The Hall–Kier alpha value is -0.450. The minimum absolute atomic E-state index is 0.248. The van der Waals surface area contributed by atoms with Crippen molar-refractivity contribution in [2.24, 2.45) is 0 Å². The van der Waals surface area contributed by atoms with Crippen LogP contribution in [0.1, 0.15) is 56.3 Å². The van der Waals surface area contributed by atoms with E-state index in [4.69, 9.17) is 9.72 Å². The Morgan fingerprint density at radius 1 is 1.47 bits per heavy atom. The van der Waals surface area contributed by atoms with Gasteiger partial charge in [-0.3, -0.25) is 0 Å². The second-order valence-electron chi connectivity index (χ2n) is 5.09. The molecular weight excluding hydrogens is 232 g/mol. The van der Waals surface area contributed by atoms with Crippen LogP contribution in [-0.2, 0) is 4.74 Å². The van der Waals surface area contributed by atoms with Crippen molar-refractivity contribution in [1.29, 1.82) is 0 Å². The van der Waals surface area contributed by atoms with E-state index in [9.17, 15) is 0 Å². The van der Waals surface area contributed by atoms with Crippen LogP contribution in [-0.4, -0.2) is 24.2 Å². The molecule has 1 aromatic heterocycles. The van der Waals surface area contributed by atoms with Gasteiger partial charge in [0.25, 0.3) is 0 Å². The Labute approximate surface area is 108 Å². The lowest BCUT2D eigenvalue weighted by Gasteiger charge is -2.21. The summed E-state index contributed by atoms with van der Waals surface area (Å²) in [5.41, 5.74) is 1.19. The van der Waals surface area contributed by atoms with Crippen LogP contribution in [0, 0.1) is 0 Å². The minimum Gasteiger partial charge on any atom is -0.373 e. The molecule has 4 heteroatoms. The van der Waals surface area contributed by atoms with E-state index in [0.29, 0.717) is 12.0 Å². The molecule has 1 aliphatic rings. The summed E-state index contributed by atoms with van der Waals surface area (Å²) < 4.78 is 5.94. The van der Waals surface area contributed by atoms with E-state index in [-0.39, 0.29) is 12.1 Å². The third kappa shape index (κ3) is 2.87. The van der Waals surface area contributed by atoms with Crippen molar-refractivity contribution in [3.8, 4) is 0 Å². The van der Waals surface area contributed by atoms with Gasteiger partial charge in [-0.1, -0.05) is 13.8 Å². The Balaban J connectivity index is 2.11. The quantitative estimate of drug-likeness (QED) is 0.896. The molecule has 0 aliphatic carbocycles. The summed E-state index contributed by atoms with van der Waals surface area (Å²) in [4.78, 5) is 4.73. The molecule has 1 fully saturated rings. The van der Waals surface area contributed by atoms with E-state index in [0.717, 1.165) is 17.8 Å². The lowest BCUT2D eigenvalue weighted by atomic mass is 10.1. The first-order valence-corrected chi connectivity index (χ1v) is 7.27. The molecule has 2 rings (SSSR count). The first-order valence-electron chi connectivity index (χ1n) is 6.40. The number of nitrogens with one attached hydrogen (secondary N) is 1. The number of rotatable bonds is 4. The molecule has 0 spiro atoms. The zero-order valence-corrected chi connectivity index (χ0v) is 11.9. The van der Waals surface area contributed by atoms with Crippen molar-refractivity contribution >= 4 is 11.3 Å². The van der Waals surface area contributed by atoms with Gasteiger partial charge in [0.2, 0.25) is 0 Å². The standard InChI is InChI=1S/C13H22N2OS/c1-8(2)10-7-17-13(15-10)12(14-4)11-6-5-9(3)16-11/h7-9,11-12,14H,5-6H2,1-4H3.